The predicted octanol–water partition coefficient (Wildman–Crippen LogP) is 19.4. The molecule has 0 aliphatic rings. The maximum Gasteiger partial charge on any atom is 0.0715 e. The van der Waals surface area contributed by atoms with Crippen LogP contribution in [0.3, 0.4) is 0 Å². The highest BCUT2D eigenvalue weighted by atomic mass is 32.1. The topological polar surface area (TPSA) is 17.8 Å². The lowest BCUT2D eigenvalue weighted by Gasteiger charge is -2.13. The Morgan fingerprint density at radius 1 is 0.250 bits per heavy atom. The van der Waals surface area contributed by atoms with Gasteiger partial charge in [-0.1, -0.05) is 206 Å². The van der Waals surface area contributed by atoms with Gasteiger partial charge in [0.15, 0.2) is 0 Å². The van der Waals surface area contributed by atoms with E-state index in [-0.39, 0.29) is 0 Å². The Balaban J connectivity index is 0.835. The van der Waals surface area contributed by atoms with E-state index >= 15 is 0 Å². The van der Waals surface area contributed by atoms with Crippen molar-refractivity contribution >= 4 is 64.1 Å². The Morgan fingerprint density at radius 2 is 0.681 bits per heavy atom. The molecule has 0 fully saturated rings. The van der Waals surface area contributed by atoms with E-state index < -0.39 is 0 Å². The van der Waals surface area contributed by atoms with Gasteiger partial charge >= 0.3 is 0 Å². The van der Waals surface area contributed by atoms with Gasteiger partial charge < -0.3 is 4.57 Å². The normalized spacial score (nSPS) is 11.6. The summed E-state index contributed by atoms with van der Waals surface area (Å²) in [7, 11) is 0. The molecule has 0 unspecified atom stereocenters. The zero-order chi connectivity index (χ0) is 47.5. The van der Waals surface area contributed by atoms with Crippen LogP contribution < -0.4 is 0 Å². The lowest BCUT2D eigenvalue weighted by molar-refractivity contribution is 1.18. The highest BCUT2D eigenvalue weighted by molar-refractivity contribution is 7.25. The van der Waals surface area contributed by atoms with Crippen molar-refractivity contribution in [2.24, 2.45) is 0 Å². The quantitative estimate of drug-likeness (QED) is 0.148. The number of rotatable bonds is 8. The molecule has 2 nitrogen and oxygen atoms in total. The van der Waals surface area contributed by atoms with Crippen molar-refractivity contribution in [3.63, 3.8) is 0 Å². The molecule has 3 heterocycles. The summed E-state index contributed by atoms with van der Waals surface area (Å²) in [5.41, 5.74) is 19.4. The monoisotopic (exact) mass is 932 g/mol. The van der Waals surface area contributed by atoms with Gasteiger partial charge in [0.05, 0.1) is 22.4 Å². The summed E-state index contributed by atoms with van der Waals surface area (Å²) in [4.78, 5) is 5.36. The van der Waals surface area contributed by atoms with E-state index in [4.69, 9.17) is 4.98 Å². The third-order valence-corrected chi connectivity index (χ3v) is 15.6. The number of hydrogen-bond donors (Lipinski definition) is 0. The van der Waals surface area contributed by atoms with Crippen LogP contribution in [0.1, 0.15) is 0 Å². The van der Waals surface area contributed by atoms with E-state index in [1.165, 1.54) is 97.3 Å². The fraction of sp³-hybridized carbons (Fsp3) is 0. The minimum atomic E-state index is 0.930. The van der Waals surface area contributed by atoms with Crippen molar-refractivity contribution in [1.29, 1.82) is 0 Å². The van der Waals surface area contributed by atoms with Crippen molar-refractivity contribution in [3.8, 4) is 83.8 Å². The van der Waals surface area contributed by atoms with Crippen LogP contribution in [-0.2, 0) is 0 Å². The first-order valence-electron chi connectivity index (χ1n) is 24.6. The summed E-state index contributed by atoms with van der Waals surface area (Å²) in [5, 5.41) is 7.60. The van der Waals surface area contributed by atoms with Crippen molar-refractivity contribution in [3.05, 3.63) is 267 Å². The number of nitrogens with zero attached hydrogens (tertiary/aromatic N) is 2. The molecule has 14 rings (SSSR count). The summed E-state index contributed by atoms with van der Waals surface area (Å²) in [6, 6.07) is 97.2. The number of thiophene rings is 1. The van der Waals surface area contributed by atoms with Gasteiger partial charge in [-0.05, 0) is 127 Å². The molecule has 0 saturated heterocycles. The first-order valence-corrected chi connectivity index (χ1v) is 25.4. The zero-order valence-corrected chi connectivity index (χ0v) is 40.0. The highest BCUT2D eigenvalue weighted by Gasteiger charge is 2.17. The Kier molecular flexibility index (Phi) is 10.1. The SMILES string of the molecule is c1ccc(-c2ccc(-c3cc(-c4ccc(-c5ccccc5)cc4)nc(-c4ccc(-n5c6ccccc6c6cc(-c7cccc8c(-c9ccc%10sc%11ccccc%11c%10c9)cccc78)ccc65)cc4)c3)cc2)cc1. The van der Waals surface area contributed by atoms with E-state index in [2.05, 4.69) is 271 Å². The third kappa shape index (κ3) is 7.30. The van der Waals surface area contributed by atoms with Crippen LogP contribution in [0.5, 0.6) is 0 Å². The fourth-order valence-corrected chi connectivity index (χ4v) is 11.9. The number of benzene rings is 11. The molecule has 0 aliphatic carbocycles. The summed E-state index contributed by atoms with van der Waals surface area (Å²) in [6.45, 7) is 0. The largest absolute Gasteiger partial charge is 0.309 e. The second-order valence-electron chi connectivity index (χ2n) is 18.7. The number of hydrogen-bond acceptors (Lipinski definition) is 2. The standard InChI is InChI=1S/C69H44N2S/c1-3-13-45(14-4-1)47-25-27-49(28-26-47)54-43-64(50-31-29-48(30-32-50)46-15-5-2-6-16-46)70-65(44-54)51-33-37-55(38-34-51)71-66-23-9-7-17-60(66)62-41-52(35-39-67(62)71)56-19-11-22-59-57(20-12-21-58(56)59)53-36-40-69-63(42-53)61-18-8-10-24-68(61)72-69/h1-44H. The van der Waals surface area contributed by atoms with Crippen LogP contribution in [-0.4, -0.2) is 9.55 Å². The molecule has 336 valence electrons. The predicted molar refractivity (Wildman–Crippen MR) is 307 cm³/mol. The first kappa shape index (κ1) is 41.8. The average Bonchev–Trinajstić information content (AvgIpc) is 4.00. The number of aromatic nitrogens is 2. The lowest BCUT2D eigenvalue weighted by atomic mass is 9.92. The summed E-state index contributed by atoms with van der Waals surface area (Å²) in [5.74, 6) is 0. The summed E-state index contributed by atoms with van der Waals surface area (Å²) in [6.07, 6.45) is 0. The summed E-state index contributed by atoms with van der Waals surface area (Å²) < 4.78 is 5.06. The molecule has 0 radical (unpaired) electrons. The highest BCUT2D eigenvalue weighted by Crippen LogP contribution is 2.42. The van der Waals surface area contributed by atoms with Crippen LogP contribution >= 0.6 is 11.3 Å². The Morgan fingerprint density at radius 3 is 1.31 bits per heavy atom. The number of para-hydroxylation sites is 1. The van der Waals surface area contributed by atoms with E-state index in [1.807, 2.05) is 11.3 Å². The average molecular weight is 933 g/mol. The van der Waals surface area contributed by atoms with E-state index in [0.29, 0.717) is 0 Å². The van der Waals surface area contributed by atoms with Crippen molar-refractivity contribution in [1.82, 2.24) is 9.55 Å². The maximum atomic E-state index is 5.36. The van der Waals surface area contributed by atoms with Crippen LogP contribution in [0.2, 0.25) is 0 Å². The second-order valence-corrected chi connectivity index (χ2v) is 19.7. The summed E-state index contributed by atoms with van der Waals surface area (Å²) >= 11 is 1.86. The van der Waals surface area contributed by atoms with Gasteiger partial charge in [0.2, 0.25) is 0 Å². The molecule has 0 spiro atoms. The molecular weight excluding hydrogens is 889 g/mol. The van der Waals surface area contributed by atoms with E-state index in [9.17, 15) is 0 Å². The third-order valence-electron chi connectivity index (χ3n) is 14.5. The molecule has 0 aliphatic heterocycles. The first-order chi connectivity index (χ1) is 35.7. The molecule has 0 N–H and O–H groups in total. The Bertz CT molecular complexity index is 4240. The van der Waals surface area contributed by atoms with Gasteiger partial charge in [-0.25, -0.2) is 4.98 Å². The van der Waals surface area contributed by atoms with Gasteiger partial charge in [0.25, 0.3) is 0 Å². The van der Waals surface area contributed by atoms with Gasteiger partial charge in [-0.2, -0.15) is 0 Å². The maximum absolute atomic E-state index is 5.36. The van der Waals surface area contributed by atoms with Crippen molar-refractivity contribution in [2.75, 3.05) is 0 Å². The van der Waals surface area contributed by atoms with Crippen LogP contribution in [0.4, 0.5) is 0 Å². The molecule has 14 aromatic rings. The van der Waals surface area contributed by atoms with Gasteiger partial charge in [-0.15, -0.1) is 11.3 Å². The fourth-order valence-electron chi connectivity index (χ4n) is 10.8. The van der Waals surface area contributed by atoms with Gasteiger partial charge in [0, 0.05) is 47.8 Å². The molecule has 0 saturated carbocycles. The van der Waals surface area contributed by atoms with Gasteiger partial charge in [0.1, 0.15) is 0 Å². The van der Waals surface area contributed by atoms with Crippen LogP contribution in [0, 0.1) is 0 Å². The Hall–Kier alpha value is -9.15. The van der Waals surface area contributed by atoms with Gasteiger partial charge in [-0.3, -0.25) is 0 Å². The molecule has 0 bridgehead atoms. The molecule has 0 amide bonds. The number of pyridine rings is 1. The van der Waals surface area contributed by atoms with E-state index in [0.717, 1.165) is 39.3 Å². The Labute approximate surface area is 422 Å². The molecule has 3 heteroatoms. The van der Waals surface area contributed by atoms with Crippen molar-refractivity contribution in [2.45, 2.75) is 0 Å². The second kappa shape index (κ2) is 17.4. The van der Waals surface area contributed by atoms with E-state index in [1.54, 1.807) is 0 Å². The lowest BCUT2D eigenvalue weighted by Crippen LogP contribution is -1.95. The molecule has 11 aromatic carbocycles. The molecule has 0 atom stereocenters. The molecule has 72 heavy (non-hydrogen) atoms. The van der Waals surface area contributed by atoms with Crippen molar-refractivity contribution < 1.29 is 0 Å². The minimum absolute atomic E-state index is 0.930. The minimum Gasteiger partial charge on any atom is -0.309 e. The zero-order valence-electron chi connectivity index (χ0n) is 39.2. The molecule has 3 aromatic heterocycles. The smallest absolute Gasteiger partial charge is 0.0715 e. The van der Waals surface area contributed by atoms with Crippen LogP contribution in [0.15, 0.2) is 267 Å². The molecular formula is C69H44N2S. The number of fused-ring (bicyclic) bond motifs is 7. The van der Waals surface area contributed by atoms with Crippen LogP contribution in [0.25, 0.3) is 137 Å².